The van der Waals surface area contributed by atoms with Crippen LogP contribution in [-0.2, 0) is 11.3 Å². The molecular formula is C17H18N2O2. The topological polar surface area (TPSA) is 57.2 Å². The van der Waals surface area contributed by atoms with Crippen molar-refractivity contribution < 1.29 is 9.21 Å². The first kappa shape index (κ1) is 13.7. The van der Waals surface area contributed by atoms with E-state index >= 15 is 0 Å². The smallest absolute Gasteiger partial charge is 0.243 e. The number of benzene rings is 1. The van der Waals surface area contributed by atoms with Crippen LogP contribution in [-0.4, -0.2) is 17.9 Å². The standard InChI is InChI=1S/C17H18N2O2/c1-19(16(20)17(12-18)8-4-5-9-17)11-14-10-13-6-2-3-7-15(13)21-14/h2-3,6-7,10H,4-5,8-9,11H2,1H3. The summed E-state index contributed by atoms with van der Waals surface area (Å²) in [5.41, 5.74) is 0.00466. The zero-order valence-corrected chi connectivity index (χ0v) is 12.1. The zero-order valence-electron chi connectivity index (χ0n) is 12.1. The molecule has 108 valence electrons. The summed E-state index contributed by atoms with van der Waals surface area (Å²) >= 11 is 0. The van der Waals surface area contributed by atoms with Crippen LogP contribution in [0.2, 0.25) is 0 Å². The maximum atomic E-state index is 12.6. The van der Waals surface area contributed by atoms with E-state index in [0.717, 1.165) is 29.6 Å². The van der Waals surface area contributed by atoms with Crippen LogP contribution in [0.4, 0.5) is 0 Å². The van der Waals surface area contributed by atoms with Crippen LogP contribution >= 0.6 is 0 Å². The molecule has 0 bridgehead atoms. The van der Waals surface area contributed by atoms with Crippen LogP contribution < -0.4 is 0 Å². The van der Waals surface area contributed by atoms with Crippen molar-refractivity contribution in [3.8, 4) is 6.07 Å². The van der Waals surface area contributed by atoms with E-state index in [4.69, 9.17) is 4.42 Å². The predicted octanol–water partition coefficient (Wildman–Crippen LogP) is 3.48. The minimum atomic E-state index is -0.819. The Hall–Kier alpha value is -2.28. The summed E-state index contributed by atoms with van der Waals surface area (Å²) < 4.78 is 5.74. The SMILES string of the molecule is CN(Cc1cc2ccccc2o1)C(=O)C1(C#N)CCCC1. The third kappa shape index (κ3) is 2.40. The number of rotatable bonds is 3. The van der Waals surface area contributed by atoms with Gasteiger partial charge in [0.2, 0.25) is 5.91 Å². The Morgan fingerprint density at radius 2 is 2.10 bits per heavy atom. The highest BCUT2D eigenvalue weighted by atomic mass is 16.3. The van der Waals surface area contributed by atoms with Gasteiger partial charge in [-0.25, -0.2) is 0 Å². The van der Waals surface area contributed by atoms with Crippen LogP contribution in [0.15, 0.2) is 34.7 Å². The van der Waals surface area contributed by atoms with Crippen molar-refractivity contribution >= 4 is 16.9 Å². The van der Waals surface area contributed by atoms with Gasteiger partial charge in [0.15, 0.2) is 0 Å². The number of furan rings is 1. The summed E-state index contributed by atoms with van der Waals surface area (Å²) in [7, 11) is 1.74. The first-order valence-corrected chi connectivity index (χ1v) is 7.29. The molecule has 4 nitrogen and oxygen atoms in total. The largest absolute Gasteiger partial charge is 0.459 e. The van der Waals surface area contributed by atoms with Gasteiger partial charge in [-0.15, -0.1) is 0 Å². The molecule has 21 heavy (non-hydrogen) atoms. The maximum Gasteiger partial charge on any atom is 0.243 e. The summed E-state index contributed by atoms with van der Waals surface area (Å²) in [5, 5.41) is 10.4. The Morgan fingerprint density at radius 3 is 2.76 bits per heavy atom. The Bertz CT molecular complexity index is 672. The van der Waals surface area contributed by atoms with E-state index < -0.39 is 5.41 Å². The summed E-state index contributed by atoms with van der Waals surface area (Å²) in [4.78, 5) is 14.2. The minimum absolute atomic E-state index is 0.0806. The number of carbonyl (C=O) groups is 1. The van der Waals surface area contributed by atoms with Crippen LogP contribution in [0.5, 0.6) is 0 Å². The first-order valence-electron chi connectivity index (χ1n) is 7.29. The average Bonchev–Trinajstić information content (AvgIpc) is 3.13. The van der Waals surface area contributed by atoms with Crippen molar-refractivity contribution in [1.82, 2.24) is 4.90 Å². The summed E-state index contributed by atoms with van der Waals surface area (Å²) in [6, 6.07) is 12.0. The van der Waals surface area contributed by atoms with Crippen molar-refractivity contribution in [3.63, 3.8) is 0 Å². The van der Waals surface area contributed by atoms with Gasteiger partial charge in [-0.1, -0.05) is 31.0 Å². The first-order chi connectivity index (χ1) is 10.1. The van der Waals surface area contributed by atoms with E-state index in [0.29, 0.717) is 19.4 Å². The van der Waals surface area contributed by atoms with Gasteiger partial charge >= 0.3 is 0 Å². The molecule has 1 aliphatic rings. The molecule has 1 aliphatic carbocycles. The number of amides is 1. The molecule has 0 aliphatic heterocycles. The highest BCUT2D eigenvalue weighted by molar-refractivity contribution is 5.85. The molecule has 0 saturated heterocycles. The lowest BCUT2D eigenvalue weighted by Crippen LogP contribution is -2.39. The number of carbonyl (C=O) groups excluding carboxylic acids is 1. The molecule has 1 saturated carbocycles. The fourth-order valence-corrected chi connectivity index (χ4v) is 3.14. The van der Waals surface area contributed by atoms with E-state index in [1.54, 1.807) is 11.9 Å². The van der Waals surface area contributed by atoms with Crippen LogP contribution in [0.25, 0.3) is 11.0 Å². The second-order valence-corrected chi connectivity index (χ2v) is 5.81. The van der Waals surface area contributed by atoms with Gasteiger partial charge in [-0.3, -0.25) is 4.79 Å². The van der Waals surface area contributed by atoms with E-state index in [9.17, 15) is 10.1 Å². The van der Waals surface area contributed by atoms with Crippen LogP contribution in [0.1, 0.15) is 31.4 Å². The monoisotopic (exact) mass is 282 g/mol. The third-order valence-electron chi connectivity index (χ3n) is 4.30. The van der Waals surface area contributed by atoms with Gasteiger partial charge in [0.05, 0.1) is 12.6 Å². The highest BCUT2D eigenvalue weighted by Crippen LogP contribution is 2.39. The Labute approximate surface area is 123 Å². The van der Waals surface area contributed by atoms with E-state index in [2.05, 4.69) is 6.07 Å². The second-order valence-electron chi connectivity index (χ2n) is 5.81. The number of hydrogen-bond acceptors (Lipinski definition) is 3. The molecule has 3 rings (SSSR count). The van der Waals surface area contributed by atoms with Crippen molar-refractivity contribution in [2.24, 2.45) is 5.41 Å². The minimum Gasteiger partial charge on any atom is -0.459 e. The fourth-order valence-electron chi connectivity index (χ4n) is 3.14. The van der Waals surface area contributed by atoms with Crippen LogP contribution in [0, 0.1) is 16.7 Å². The molecule has 1 aromatic carbocycles. The van der Waals surface area contributed by atoms with Crippen molar-refractivity contribution in [1.29, 1.82) is 5.26 Å². The van der Waals surface area contributed by atoms with Gasteiger partial charge in [0, 0.05) is 12.4 Å². The average molecular weight is 282 g/mol. The predicted molar refractivity (Wildman–Crippen MR) is 79.2 cm³/mol. The van der Waals surface area contributed by atoms with E-state index in [1.807, 2.05) is 30.3 Å². The molecule has 0 radical (unpaired) electrons. The molecule has 4 heteroatoms. The number of fused-ring (bicyclic) bond motifs is 1. The maximum absolute atomic E-state index is 12.6. The summed E-state index contributed by atoms with van der Waals surface area (Å²) in [5.74, 6) is 0.668. The molecule has 1 amide bonds. The van der Waals surface area contributed by atoms with Gasteiger partial charge in [0.25, 0.3) is 0 Å². The summed E-state index contributed by atoms with van der Waals surface area (Å²) in [6.45, 7) is 0.400. The molecule has 0 N–H and O–H groups in total. The lowest BCUT2D eigenvalue weighted by Gasteiger charge is -2.25. The van der Waals surface area contributed by atoms with E-state index in [-0.39, 0.29) is 5.91 Å². The highest BCUT2D eigenvalue weighted by Gasteiger charge is 2.43. The van der Waals surface area contributed by atoms with Crippen molar-refractivity contribution in [3.05, 3.63) is 36.1 Å². The number of nitriles is 1. The number of nitrogens with zero attached hydrogens (tertiary/aromatic N) is 2. The Morgan fingerprint density at radius 1 is 1.38 bits per heavy atom. The number of hydrogen-bond donors (Lipinski definition) is 0. The molecule has 1 heterocycles. The van der Waals surface area contributed by atoms with Crippen LogP contribution in [0.3, 0.4) is 0 Å². The van der Waals surface area contributed by atoms with Crippen molar-refractivity contribution in [2.75, 3.05) is 7.05 Å². The zero-order chi connectivity index (χ0) is 14.9. The van der Waals surface area contributed by atoms with Gasteiger partial charge in [0.1, 0.15) is 16.8 Å². The second kappa shape index (κ2) is 5.25. The molecule has 0 spiro atoms. The third-order valence-corrected chi connectivity index (χ3v) is 4.30. The lowest BCUT2D eigenvalue weighted by molar-refractivity contribution is -0.138. The normalized spacial score (nSPS) is 16.8. The van der Waals surface area contributed by atoms with Gasteiger partial charge in [-0.05, 0) is 25.0 Å². The molecular weight excluding hydrogens is 264 g/mol. The molecule has 0 atom stereocenters. The Kier molecular flexibility index (Phi) is 3.42. The van der Waals surface area contributed by atoms with Crippen molar-refractivity contribution in [2.45, 2.75) is 32.2 Å². The molecule has 1 fully saturated rings. The quantitative estimate of drug-likeness (QED) is 0.866. The lowest BCUT2D eigenvalue weighted by atomic mass is 9.86. The summed E-state index contributed by atoms with van der Waals surface area (Å²) in [6.07, 6.45) is 3.26. The Balaban J connectivity index is 1.78. The molecule has 1 aromatic heterocycles. The van der Waals surface area contributed by atoms with Gasteiger partial charge < -0.3 is 9.32 Å². The fraction of sp³-hybridized carbons (Fsp3) is 0.412. The van der Waals surface area contributed by atoms with E-state index in [1.165, 1.54) is 0 Å². The van der Waals surface area contributed by atoms with Gasteiger partial charge in [-0.2, -0.15) is 5.26 Å². The molecule has 0 unspecified atom stereocenters. The molecule has 2 aromatic rings. The number of para-hydroxylation sites is 1.